The van der Waals surface area contributed by atoms with E-state index in [1.165, 1.54) is 0 Å². The molecule has 0 fully saturated rings. The van der Waals surface area contributed by atoms with E-state index in [4.69, 9.17) is 14.2 Å². The van der Waals surface area contributed by atoms with Crippen LogP contribution in [-0.4, -0.2) is 51.8 Å². The molecular weight excluding hydrogens is 436 g/mol. The minimum Gasteiger partial charge on any atom is -0.491 e. The lowest BCUT2D eigenvalue weighted by atomic mass is 10.0. The number of nitrogens with zero attached hydrogens (tertiary/aromatic N) is 3. The van der Waals surface area contributed by atoms with Gasteiger partial charge in [-0.05, 0) is 58.9 Å². The zero-order valence-electron chi connectivity index (χ0n) is 20.5. The highest BCUT2D eigenvalue weighted by Gasteiger charge is 2.24. The van der Waals surface area contributed by atoms with Gasteiger partial charge in [-0.1, -0.05) is 12.1 Å². The van der Waals surface area contributed by atoms with Gasteiger partial charge in [0.2, 0.25) is 5.88 Å². The largest absolute Gasteiger partial charge is 0.491 e. The van der Waals surface area contributed by atoms with E-state index in [2.05, 4.69) is 15.4 Å². The van der Waals surface area contributed by atoms with Crippen LogP contribution in [0.2, 0.25) is 0 Å². The summed E-state index contributed by atoms with van der Waals surface area (Å²) in [7, 11) is 1.55. The van der Waals surface area contributed by atoms with Crippen molar-refractivity contribution in [1.29, 1.82) is 0 Å². The zero-order chi connectivity index (χ0) is 24.9. The summed E-state index contributed by atoms with van der Waals surface area (Å²) in [4.78, 5) is 16.1. The number of para-hydroxylation sites is 1. The minimum atomic E-state index is -1.15. The molecule has 9 nitrogen and oxygen atoms in total. The van der Waals surface area contributed by atoms with Crippen molar-refractivity contribution in [2.45, 2.75) is 45.8 Å². The summed E-state index contributed by atoms with van der Waals surface area (Å²) in [5.74, 6) is 1.10. The molecule has 0 saturated heterocycles. The maximum atomic E-state index is 11.9. The van der Waals surface area contributed by atoms with Gasteiger partial charge in [-0.2, -0.15) is 5.10 Å². The van der Waals surface area contributed by atoms with E-state index >= 15 is 0 Å². The number of ether oxygens (including phenoxy) is 3. The molecule has 3 rings (SSSR count). The fourth-order valence-corrected chi connectivity index (χ4v) is 3.12. The summed E-state index contributed by atoms with van der Waals surface area (Å²) in [6, 6.07) is 12.9. The zero-order valence-corrected chi connectivity index (χ0v) is 20.5. The monoisotopic (exact) mass is 468 g/mol. The number of carbonyl (C=O) groups excluding carboxylic acids is 1. The summed E-state index contributed by atoms with van der Waals surface area (Å²) in [6.07, 6.45) is 1.15. The molecule has 34 heavy (non-hydrogen) atoms. The number of rotatable bonds is 8. The minimum absolute atomic E-state index is 0.243. The van der Waals surface area contributed by atoms with E-state index in [0.717, 1.165) is 11.3 Å². The number of nitrogens with one attached hydrogen (secondary N) is 1. The smallest absolute Gasteiger partial charge is 0.407 e. The first-order valence-corrected chi connectivity index (χ1v) is 11.0. The van der Waals surface area contributed by atoms with Crippen LogP contribution in [0.25, 0.3) is 16.9 Å². The predicted octanol–water partition coefficient (Wildman–Crippen LogP) is 4.07. The molecule has 2 heterocycles. The molecule has 1 amide bonds. The van der Waals surface area contributed by atoms with Gasteiger partial charge in [0.05, 0.1) is 36.9 Å². The van der Waals surface area contributed by atoms with E-state index in [1.807, 2.05) is 57.2 Å². The van der Waals surface area contributed by atoms with Crippen LogP contribution in [0.4, 0.5) is 4.79 Å². The van der Waals surface area contributed by atoms with Gasteiger partial charge >= 0.3 is 6.09 Å². The topological polar surface area (TPSA) is 108 Å². The molecule has 2 aromatic heterocycles. The van der Waals surface area contributed by atoms with Crippen LogP contribution in [0.3, 0.4) is 0 Å². The third-order valence-corrected chi connectivity index (χ3v) is 4.70. The second-order valence-electron chi connectivity index (χ2n) is 9.22. The average molecular weight is 469 g/mol. The first-order chi connectivity index (χ1) is 16.0. The van der Waals surface area contributed by atoms with E-state index < -0.39 is 17.3 Å². The molecule has 1 aromatic carbocycles. The lowest BCUT2D eigenvalue weighted by Gasteiger charge is -2.19. The van der Waals surface area contributed by atoms with Crippen molar-refractivity contribution in [2.75, 3.05) is 20.3 Å². The van der Waals surface area contributed by atoms with Crippen molar-refractivity contribution in [3.63, 3.8) is 0 Å². The number of alkyl carbamates (subject to hydrolysis) is 1. The van der Waals surface area contributed by atoms with Crippen LogP contribution in [0.1, 0.15) is 40.3 Å². The number of pyridine rings is 1. The second kappa shape index (κ2) is 10.1. The van der Waals surface area contributed by atoms with Crippen molar-refractivity contribution in [3.8, 4) is 28.6 Å². The number of aliphatic hydroxyl groups is 1. The van der Waals surface area contributed by atoms with Crippen molar-refractivity contribution in [1.82, 2.24) is 20.1 Å². The van der Waals surface area contributed by atoms with Gasteiger partial charge in [-0.3, -0.25) is 0 Å². The number of benzene rings is 1. The molecule has 3 aromatic rings. The van der Waals surface area contributed by atoms with E-state index in [1.54, 1.807) is 37.9 Å². The van der Waals surface area contributed by atoms with Crippen molar-refractivity contribution >= 4 is 6.09 Å². The van der Waals surface area contributed by atoms with Gasteiger partial charge in [0, 0.05) is 11.6 Å². The van der Waals surface area contributed by atoms with Gasteiger partial charge in [-0.25, -0.2) is 14.5 Å². The Labute approximate surface area is 199 Å². The van der Waals surface area contributed by atoms with Gasteiger partial charge in [-0.15, -0.1) is 0 Å². The van der Waals surface area contributed by atoms with Gasteiger partial charge in [0.15, 0.2) is 0 Å². The Morgan fingerprint density at radius 1 is 1.12 bits per heavy atom. The SMILES string of the molecule is COc1ccc(-n2nc(C(C)(C)O)cc2-c2ccccc2OCCNC(=O)OC(C)(C)C)cn1. The van der Waals surface area contributed by atoms with Crippen LogP contribution in [0.15, 0.2) is 48.7 Å². The Bertz CT molecular complexity index is 1110. The van der Waals surface area contributed by atoms with E-state index in [-0.39, 0.29) is 13.2 Å². The number of carbonyl (C=O) groups is 1. The number of hydrogen-bond acceptors (Lipinski definition) is 7. The van der Waals surface area contributed by atoms with Crippen LogP contribution in [0.5, 0.6) is 11.6 Å². The molecular formula is C25H32N4O5. The summed E-state index contributed by atoms with van der Waals surface area (Å²) >= 11 is 0. The normalized spacial score (nSPS) is 11.7. The molecule has 0 aliphatic heterocycles. The van der Waals surface area contributed by atoms with Gasteiger partial charge in [0.1, 0.15) is 23.6 Å². The Kier molecular flexibility index (Phi) is 7.46. The first-order valence-electron chi connectivity index (χ1n) is 11.0. The molecule has 0 saturated carbocycles. The molecule has 9 heteroatoms. The van der Waals surface area contributed by atoms with Gasteiger partial charge < -0.3 is 24.6 Å². The molecule has 0 atom stereocenters. The van der Waals surface area contributed by atoms with Crippen molar-refractivity contribution < 1.29 is 24.1 Å². The quantitative estimate of drug-likeness (QED) is 0.480. The maximum absolute atomic E-state index is 11.9. The molecule has 2 N–H and O–H groups in total. The van der Waals surface area contributed by atoms with Crippen molar-refractivity contribution in [2.24, 2.45) is 0 Å². The van der Waals surface area contributed by atoms with Crippen molar-refractivity contribution in [3.05, 3.63) is 54.4 Å². The lowest BCUT2D eigenvalue weighted by Crippen LogP contribution is -2.34. The molecule has 0 unspecified atom stereocenters. The average Bonchev–Trinajstić information content (AvgIpc) is 3.22. The van der Waals surface area contributed by atoms with Crippen LogP contribution in [-0.2, 0) is 10.3 Å². The lowest BCUT2D eigenvalue weighted by molar-refractivity contribution is 0.0520. The summed E-state index contributed by atoms with van der Waals surface area (Å²) in [6.45, 7) is 9.31. The molecule has 0 aliphatic rings. The highest BCUT2D eigenvalue weighted by atomic mass is 16.6. The molecule has 182 valence electrons. The highest BCUT2D eigenvalue weighted by molar-refractivity contribution is 5.70. The summed E-state index contributed by atoms with van der Waals surface area (Å²) < 4.78 is 18.1. The standard InChI is InChI=1S/C25H32N4O5/c1-24(2,3)34-23(30)26-13-14-33-20-10-8-7-9-18(20)19-15-21(25(4,5)31)28-29(19)17-11-12-22(32-6)27-16-17/h7-12,15-16,31H,13-14H2,1-6H3,(H,26,30). The Morgan fingerprint density at radius 2 is 1.85 bits per heavy atom. The third-order valence-electron chi connectivity index (χ3n) is 4.70. The second-order valence-corrected chi connectivity index (χ2v) is 9.22. The first kappa shape index (κ1) is 25.0. The molecule has 0 spiro atoms. The Hall–Kier alpha value is -3.59. The highest BCUT2D eigenvalue weighted by Crippen LogP contribution is 2.34. The molecule has 0 bridgehead atoms. The predicted molar refractivity (Wildman–Crippen MR) is 128 cm³/mol. The Balaban J connectivity index is 1.86. The van der Waals surface area contributed by atoms with Gasteiger partial charge in [0.25, 0.3) is 0 Å². The maximum Gasteiger partial charge on any atom is 0.407 e. The van der Waals surface area contributed by atoms with Crippen LogP contribution < -0.4 is 14.8 Å². The summed E-state index contributed by atoms with van der Waals surface area (Å²) in [5.41, 5.74) is 0.989. The Morgan fingerprint density at radius 3 is 2.47 bits per heavy atom. The fraction of sp³-hybridized carbons (Fsp3) is 0.400. The molecule has 0 aliphatic carbocycles. The van der Waals surface area contributed by atoms with E-state index in [0.29, 0.717) is 23.0 Å². The summed E-state index contributed by atoms with van der Waals surface area (Å²) in [5, 5.41) is 17.9. The number of methoxy groups -OCH3 is 1. The number of aromatic nitrogens is 3. The number of hydrogen-bond donors (Lipinski definition) is 2. The number of amides is 1. The van der Waals surface area contributed by atoms with E-state index in [9.17, 15) is 9.90 Å². The van der Waals surface area contributed by atoms with Crippen LogP contribution in [0, 0.1) is 0 Å². The fourth-order valence-electron chi connectivity index (χ4n) is 3.12. The van der Waals surface area contributed by atoms with Crippen LogP contribution >= 0.6 is 0 Å². The third kappa shape index (κ3) is 6.48. The molecule has 0 radical (unpaired) electrons.